The molecule has 19 heavy (non-hydrogen) atoms. The Bertz CT molecular complexity index is 621. The second kappa shape index (κ2) is 5.32. The first-order valence-corrected chi connectivity index (χ1v) is 6.28. The number of aryl methyl sites for hydroxylation is 2. The van der Waals surface area contributed by atoms with E-state index in [1.165, 1.54) is 0 Å². The van der Waals surface area contributed by atoms with Gasteiger partial charge in [-0.05, 0) is 18.6 Å². The number of nitrogens with one attached hydrogen (secondary N) is 1. The SMILES string of the molecule is CCc1nn(C)cc1NC(=O)c1cccc(N)c1Cl. The third-order valence-corrected chi connectivity index (χ3v) is 3.18. The number of benzene rings is 1. The van der Waals surface area contributed by atoms with Crippen LogP contribution in [0.25, 0.3) is 0 Å². The standard InChI is InChI=1S/C13H15ClN4O/c1-3-10-11(7-18(2)17-10)16-13(19)8-5-4-6-9(15)12(8)14/h4-7H,3,15H2,1-2H3,(H,16,19). The molecule has 1 aromatic carbocycles. The van der Waals surface area contributed by atoms with Gasteiger partial charge in [0.15, 0.2) is 0 Å². The summed E-state index contributed by atoms with van der Waals surface area (Å²) >= 11 is 6.03. The number of nitrogens with zero attached hydrogens (tertiary/aromatic N) is 2. The van der Waals surface area contributed by atoms with Crippen molar-refractivity contribution in [2.75, 3.05) is 11.1 Å². The maximum Gasteiger partial charge on any atom is 0.257 e. The lowest BCUT2D eigenvalue weighted by molar-refractivity contribution is 0.102. The normalized spacial score (nSPS) is 10.5. The second-order valence-electron chi connectivity index (χ2n) is 4.18. The summed E-state index contributed by atoms with van der Waals surface area (Å²) in [6, 6.07) is 4.98. The number of nitrogens with two attached hydrogens (primary N) is 1. The summed E-state index contributed by atoms with van der Waals surface area (Å²) in [7, 11) is 1.81. The summed E-state index contributed by atoms with van der Waals surface area (Å²) in [5, 5.41) is 7.33. The van der Waals surface area contributed by atoms with Gasteiger partial charge in [0, 0.05) is 13.2 Å². The highest BCUT2D eigenvalue weighted by molar-refractivity contribution is 6.36. The third-order valence-electron chi connectivity index (χ3n) is 2.76. The third kappa shape index (κ3) is 2.71. The molecule has 0 aliphatic heterocycles. The van der Waals surface area contributed by atoms with Gasteiger partial charge in [-0.15, -0.1) is 0 Å². The number of carbonyl (C=O) groups is 1. The average molecular weight is 279 g/mol. The second-order valence-corrected chi connectivity index (χ2v) is 4.56. The van der Waals surface area contributed by atoms with Gasteiger partial charge in [0.2, 0.25) is 0 Å². The fourth-order valence-electron chi connectivity index (χ4n) is 1.81. The molecule has 1 aromatic heterocycles. The Morgan fingerprint density at radius 1 is 1.53 bits per heavy atom. The number of rotatable bonds is 3. The Balaban J connectivity index is 2.28. The Morgan fingerprint density at radius 3 is 2.95 bits per heavy atom. The number of hydrogen-bond donors (Lipinski definition) is 2. The quantitative estimate of drug-likeness (QED) is 0.847. The Hall–Kier alpha value is -2.01. The minimum atomic E-state index is -0.292. The first-order chi connectivity index (χ1) is 9.02. The molecule has 1 amide bonds. The van der Waals surface area contributed by atoms with Crippen molar-refractivity contribution >= 4 is 28.9 Å². The van der Waals surface area contributed by atoms with Gasteiger partial charge in [0.05, 0.1) is 27.7 Å². The molecule has 2 aromatic rings. The molecule has 0 saturated heterocycles. The molecular weight excluding hydrogens is 264 g/mol. The molecule has 6 heteroatoms. The van der Waals surface area contributed by atoms with Crippen molar-refractivity contribution in [1.82, 2.24) is 9.78 Å². The van der Waals surface area contributed by atoms with E-state index in [2.05, 4.69) is 10.4 Å². The zero-order valence-corrected chi connectivity index (χ0v) is 11.5. The van der Waals surface area contributed by atoms with E-state index in [0.29, 0.717) is 16.9 Å². The van der Waals surface area contributed by atoms with Crippen LogP contribution in [-0.4, -0.2) is 15.7 Å². The van der Waals surface area contributed by atoms with Crippen molar-refractivity contribution in [3.8, 4) is 0 Å². The lowest BCUT2D eigenvalue weighted by Gasteiger charge is -2.07. The fourth-order valence-corrected chi connectivity index (χ4v) is 2.03. The molecule has 3 N–H and O–H groups in total. The van der Waals surface area contributed by atoms with Gasteiger partial charge in [0.1, 0.15) is 0 Å². The molecule has 0 radical (unpaired) electrons. The van der Waals surface area contributed by atoms with Crippen LogP contribution in [0.3, 0.4) is 0 Å². The number of aromatic nitrogens is 2. The van der Waals surface area contributed by atoms with Crippen LogP contribution in [0.1, 0.15) is 23.0 Å². The van der Waals surface area contributed by atoms with E-state index in [1.54, 1.807) is 29.1 Å². The van der Waals surface area contributed by atoms with Gasteiger partial charge >= 0.3 is 0 Å². The van der Waals surface area contributed by atoms with E-state index in [4.69, 9.17) is 17.3 Å². The van der Waals surface area contributed by atoms with E-state index in [-0.39, 0.29) is 10.9 Å². The van der Waals surface area contributed by atoms with Gasteiger partial charge in [-0.2, -0.15) is 5.10 Å². The van der Waals surface area contributed by atoms with Gasteiger partial charge in [-0.25, -0.2) is 0 Å². The topological polar surface area (TPSA) is 72.9 Å². The predicted molar refractivity (Wildman–Crippen MR) is 76.4 cm³/mol. The molecule has 0 aliphatic carbocycles. The molecule has 0 aliphatic rings. The minimum absolute atomic E-state index is 0.266. The summed E-state index contributed by atoms with van der Waals surface area (Å²) in [5.74, 6) is -0.292. The Labute approximate surface area is 116 Å². The summed E-state index contributed by atoms with van der Waals surface area (Å²) in [5.41, 5.74) is 7.94. The smallest absolute Gasteiger partial charge is 0.257 e. The number of carbonyl (C=O) groups excluding carboxylic acids is 1. The van der Waals surface area contributed by atoms with Crippen molar-refractivity contribution in [2.45, 2.75) is 13.3 Å². The number of nitrogen functional groups attached to an aromatic ring is 1. The van der Waals surface area contributed by atoms with E-state index in [0.717, 1.165) is 12.1 Å². The van der Waals surface area contributed by atoms with Crippen molar-refractivity contribution in [3.05, 3.63) is 40.7 Å². The van der Waals surface area contributed by atoms with Crippen LogP contribution < -0.4 is 11.1 Å². The van der Waals surface area contributed by atoms with Gasteiger partial charge in [-0.1, -0.05) is 24.6 Å². The first-order valence-electron chi connectivity index (χ1n) is 5.90. The first kappa shape index (κ1) is 13.4. The molecule has 100 valence electrons. The van der Waals surface area contributed by atoms with E-state index in [1.807, 2.05) is 14.0 Å². The molecule has 1 heterocycles. The Kier molecular flexibility index (Phi) is 3.76. The molecule has 0 atom stereocenters. The fraction of sp³-hybridized carbons (Fsp3) is 0.231. The summed E-state index contributed by atoms with van der Waals surface area (Å²) in [6.07, 6.45) is 2.50. The molecule has 0 saturated carbocycles. The van der Waals surface area contributed by atoms with Crippen molar-refractivity contribution in [3.63, 3.8) is 0 Å². The van der Waals surface area contributed by atoms with Crippen LogP contribution in [0, 0.1) is 0 Å². The maximum absolute atomic E-state index is 12.2. The largest absolute Gasteiger partial charge is 0.398 e. The predicted octanol–water partition coefficient (Wildman–Crippen LogP) is 2.47. The highest BCUT2D eigenvalue weighted by atomic mass is 35.5. The van der Waals surface area contributed by atoms with Crippen molar-refractivity contribution in [2.24, 2.45) is 7.05 Å². The highest BCUT2D eigenvalue weighted by Crippen LogP contribution is 2.24. The molecule has 0 bridgehead atoms. The molecule has 5 nitrogen and oxygen atoms in total. The van der Waals surface area contributed by atoms with Crippen molar-refractivity contribution in [1.29, 1.82) is 0 Å². The van der Waals surface area contributed by atoms with Gasteiger partial charge in [0.25, 0.3) is 5.91 Å². The molecule has 0 fully saturated rings. The zero-order valence-electron chi connectivity index (χ0n) is 10.8. The maximum atomic E-state index is 12.2. The number of amides is 1. The summed E-state index contributed by atoms with van der Waals surface area (Å²) < 4.78 is 1.66. The number of hydrogen-bond acceptors (Lipinski definition) is 3. The molecular formula is C13H15ClN4O. The lowest BCUT2D eigenvalue weighted by Crippen LogP contribution is -2.13. The molecule has 0 spiro atoms. The lowest BCUT2D eigenvalue weighted by atomic mass is 10.2. The average Bonchev–Trinajstić information content (AvgIpc) is 2.72. The van der Waals surface area contributed by atoms with Crippen LogP contribution in [0.5, 0.6) is 0 Å². The van der Waals surface area contributed by atoms with Crippen molar-refractivity contribution < 1.29 is 4.79 Å². The Morgan fingerprint density at radius 2 is 2.26 bits per heavy atom. The van der Waals surface area contributed by atoms with E-state index in [9.17, 15) is 4.79 Å². The van der Waals surface area contributed by atoms with Gasteiger partial charge < -0.3 is 11.1 Å². The minimum Gasteiger partial charge on any atom is -0.398 e. The zero-order chi connectivity index (χ0) is 14.0. The summed E-state index contributed by atoms with van der Waals surface area (Å²) in [6.45, 7) is 1.98. The van der Waals surface area contributed by atoms with E-state index < -0.39 is 0 Å². The number of anilines is 2. The van der Waals surface area contributed by atoms with Crippen LogP contribution in [0.2, 0.25) is 5.02 Å². The monoisotopic (exact) mass is 278 g/mol. The van der Waals surface area contributed by atoms with E-state index >= 15 is 0 Å². The van der Waals surface area contributed by atoms with Crippen LogP contribution in [0.15, 0.2) is 24.4 Å². The van der Waals surface area contributed by atoms with Crippen LogP contribution in [0.4, 0.5) is 11.4 Å². The van der Waals surface area contributed by atoms with Crippen LogP contribution in [-0.2, 0) is 13.5 Å². The summed E-state index contributed by atoms with van der Waals surface area (Å²) in [4.78, 5) is 12.2. The highest BCUT2D eigenvalue weighted by Gasteiger charge is 2.15. The number of halogens is 1. The molecule has 2 rings (SSSR count). The van der Waals surface area contributed by atoms with Gasteiger partial charge in [-0.3, -0.25) is 9.48 Å². The molecule has 0 unspecified atom stereocenters. The van der Waals surface area contributed by atoms with Crippen LogP contribution >= 0.6 is 11.6 Å².